The molecule has 0 fully saturated rings. The van der Waals surface area contributed by atoms with Crippen LogP contribution in [0.3, 0.4) is 0 Å². The molecular formula is C13H13N3O4. The third-order valence-electron chi connectivity index (χ3n) is 3.06. The number of para-hydroxylation sites is 1. The zero-order chi connectivity index (χ0) is 13.9. The highest BCUT2D eigenvalue weighted by Crippen LogP contribution is 2.24. The van der Waals surface area contributed by atoms with Crippen LogP contribution in [0, 0.1) is 10.1 Å². The summed E-state index contributed by atoms with van der Waals surface area (Å²) in [5.74, 6) is 0.584. The van der Waals surface area contributed by atoms with Crippen LogP contribution in [0.5, 0.6) is 11.8 Å². The molecule has 0 aliphatic carbocycles. The van der Waals surface area contributed by atoms with E-state index in [1.54, 1.807) is 4.57 Å². The van der Waals surface area contributed by atoms with E-state index in [2.05, 4.69) is 4.98 Å². The van der Waals surface area contributed by atoms with E-state index < -0.39 is 4.92 Å². The molecule has 20 heavy (non-hydrogen) atoms. The Morgan fingerprint density at radius 1 is 1.45 bits per heavy atom. The SMILES string of the molecule is O=[N+]([O-])c1cn2c(n1)OC(COc1ccccc1)CC2. The van der Waals surface area contributed by atoms with Crippen LogP contribution < -0.4 is 9.47 Å². The molecule has 1 aromatic carbocycles. The minimum Gasteiger partial charge on any atom is -0.490 e. The lowest BCUT2D eigenvalue weighted by atomic mass is 10.2. The van der Waals surface area contributed by atoms with Crippen molar-refractivity contribution in [3.05, 3.63) is 46.6 Å². The van der Waals surface area contributed by atoms with Crippen LogP contribution in [0.15, 0.2) is 36.5 Å². The zero-order valence-electron chi connectivity index (χ0n) is 10.6. The lowest BCUT2D eigenvalue weighted by molar-refractivity contribution is -0.389. The smallest absolute Gasteiger partial charge is 0.414 e. The van der Waals surface area contributed by atoms with Crippen LogP contribution in [0.25, 0.3) is 0 Å². The van der Waals surface area contributed by atoms with Gasteiger partial charge in [-0.1, -0.05) is 18.2 Å². The van der Waals surface area contributed by atoms with Crippen molar-refractivity contribution in [3.8, 4) is 11.8 Å². The lowest BCUT2D eigenvalue weighted by Gasteiger charge is -2.22. The molecule has 0 saturated carbocycles. The second-order valence-electron chi connectivity index (χ2n) is 4.48. The average molecular weight is 275 g/mol. The van der Waals surface area contributed by atoms with Gasteiger partial charge >= 0.3 is 11.8 Å². The first-order chi connectivity index (χ1) is 9.72. The molecule has 1 aliphatic heterocycles. The molecule has 1 atom stereocenters. The highest BCUT2D eigenvalue weighted by molar-refractivity contribution is 5.22. The van der Waals surface area contributed by atoms with Crippen LogP contribution in [-0.2, 0) is 6.54 Å². The number of imidazole rings is 1. The highest BCUT2D eigenvalue weighted by Gasteiger charge is 2.28. The number of rotatable bonds is 4. The highest BCUT2D eigenvalue weighted by atomic mass is 16.6. The van der Waals surface area contributed by atoms with E-state index in [-0.39, 0.29) is 17.9 Å². The molecule has 0 radical (unpaired) electrons. The third kappa shape index (κ3) is 2.56. The van der Waals surface area contributed by atoms with Gasteiger partial charge in [0.15, 0.2) is 0 Å². The van der Waals surface area contributed by atoms with Crippen LogP contribution in [0.4, 0.5) is 5.82 Å². The molecule has 7 heteroatoms. The van der Waals surface area contributed by atoms with E-state index in [0.29, 0.717) is 13.2 Å². The molecule has 0 bridgehead atoms. The zero-order valence-corrected chi connectivity index (χ0v) is 10.6. The molecule has 3 rings (SSSR count). The van der Waals surface area contributed by atoms with E-state index in [4.69, 9.17) is 9.47 Å². The molecular weight excluding hydrogens is 262 g/mol. The van der Waals surface area contributed by atoms with Gasteiger partial charge in [0.25, 0.3) is 0 Å². The lowest BCUT2D eigenvalue weighted by Crippen LogP contribution is -2.31. The fourth-order valence-corrected chi connectivity index (χ4v) is 2.04. The maximum atomic E-state index is 10.7. The summed E-state index contributed by atoms with van der Waals surface area (Å²) in [7, 11) is 0. The van der Waals surface area contributed by atoms with Gasteiger partial charge in [-0.15, -0.1) is 0 Å². The van der Waals surface area contributed by atoms with Crippen molar-refractivity contribution in [1.82, 2.24) is 9.55 Å². The number of nitro groups is 1. The molecule has 7 nitrogen and oxygen atoms in total. The normalized spacial score (nSPS) is 17.1. The number of fused-ring (bicyclic) bond motifs is 1. The molecule has 0 spiro atoms. The van der Waals surface area contributed by atoms with E-state index in [1.165, 1.54) is 6.20 Å². The Labute approximate surface area is 114 Å². The second-order valence-corrected chi connectivity index (χ2v) is 4.48. The van der Waals surface area contributed by atoms with Crippen molar-refractivity contribution in [3.63, 3.8) is 0 Å². The fourth-order valence-electron chi connectivity index (χ4n) is 2.04. The van der Waals surface area contributed by atoms with Crippen molar-refractivity contribution in [2.75, 3.05) is 6.61 Å². The number of aryl methyl sites for hydroxylation is 1. The molecule has 2 aromatic rings. The Balaban J connectivity index is 1.62. The van der Waals surface area contributed by atoms with Gasteiger partial charge in [-0.2, -0.15) is 0 Å². The first-order valence-electron chi connectivity index (χ1n) is 6.28. The fraction of sp³-hybridized carbons (Fsp3) is 0.308. The number of benzene rings is 1. The Bertz CT molecular complexity index is 611. The summed E-state index contributed by atoms with van der Waals surface area (Å²) < 4.78 is 12.9. The van der Waals surface area contributed by atoms with Gasteiger partial charge in [0, 0.05) is 17.9 Å². The number of aromatic nitrogens is 2. The van der Waals surface area contributed by atoms with E-state index in [1.807, 2.05) is 30.3 Å². The van der Waals surface area contributed by atoms with E-state index in [9.17, 15) is 10.1 Å². The average Bonchev–Trinajstić information content (AvgIpc) is 2.89. The predicted molar refractivity (Wildman–Crippen MR) is 69.9 cm³/mol. The Hall–Kier alpha value is -2.57. The van der Waals surface area contributed by atoms with Gasteiger partial charge in [0.2, 0.25) is 0 Å². The first kappa shape index (κ1) is 12.5. The summed E-state index contributed by atoms with van der Waals surface area (Å²) in [5.41, 5.74) is 0. The number of ether oxygens (including phenoxy) is 2. The quantitative estimate of drug-likeness (QED) is 0.630. The van der Waals surface area contributed by atoms with Crippen molar-refractivity contribution < 1.29 is 14.4 Å². The van der Waals surface area contributed by atoms with Gasteiger partial charge in [-0.25, -0.2) is 0 Å². The molecule has 0 amide bonds. The number of hydrogen-bond acceptors (Lipinski definition) is 5. The minimum absolute atomic E-state index is 0.148. The molecule has 1 unspecified atom stereocenters. The molecule has 1 aliphatic rings. The van der Waals surface area contributed by atoms with Gasteiger partial charge in [-0.3, -0.25) is 4.57 Å². The summed E-state index contributed by atoms with van der Waals surface area (Å²) in [6.07, 6.45) is 1.97. The molecule has 0 saturated heterocycles. The maximum absolute atomic E-state index is 10.7. The van der Waals surface area contributed by atoms with Gasteiger partial charge in [0.1, 0.15) is 24.7 Å². The third-order valence-corrected chi connectivity index (χ3v) is 3.06. The van der Waals surface area contributed by atoms with Gasteiger partial charge < -0.3 is 19.6 Å². The van der Waals surface area contributed by atoms with Gasteiger partial charge in [-0.05, 0) is 17.1 Å². The molecule has 2 heterocycles. The van der Waals surface area contributed by atoms with Crippen molar-refractivity contribution >= 4 is 5.82 Å². The van der Waals surface area contributed by atoms with Crippen molar-refractivity contribution in [1.29, 1.82) is 0 Å². The largest absolute Gasteiger partial charge is 0.490 e. The summed E-state index contributed by atoms with van der Waals surface area (Å²) in [6, 6.07) is 9.73. The summed E-state index contributed by atoms with van der Waals surface area (Å²) in [4.78, 5) is 14.0. The van der Waals surface area contributed by atoms with Crippen LogP contribution >= 0.6 is 0 Å². The standard InChI is InChI=1S/C13H13N3O4/c17-16(18)12-8-15-7-6-11(20-13(15)14-12)9-19-10-4-2-1-3-5-10/h1-5,8,11H,6-7,9H2. The van der Waals surface area contributed by atoms with Crippen LogP contribution in [-0.4, -0.2) is 27.2 Å². The predicted octanol–water partition coefficient (Wildman–Crippen LogP) is 2.02. The van der Waals surface area contributed by atoms with Gasteiger partial charge in [0.05, 0.1) is 0 Å². The number of hydrogen-bond donors (Lipinski definition) is 0. The molecule has 0 N–H and O–H groups in total. The Morgan fingerprint density at radius 3 is 3.00 bits per heavy atom. The maximum Gasteiger partial charge on any atom is 0.414 e. The van der Waals surface area contributed by atoms with Crippen LogP contribution in [0.2, 0.25) is 0 Å². The van der Waals surface area contributed by atoms with Crippen molar-refractivity contribution in [2.45, 2.75) is 19.1 Å². The van der Waals surface area contributed by atoms with Crippen molar-refractivity contribution in [2.24, 2.45) is 0 Å². The van der Waals surface area contributed by atoms with E-state index in [0.717, 1.165) is 12.2 Å². The van der Waals surface area contributed by atoms with E-state index >= 15 is 0 Å². The number of nitrogens with zero attached hydrogens (tertiary/aromatic N) is 3. The summed E-state index contributed by atoms with van der Waals surface area (Å²) in [5, 5.41) is 10.7. The van der Waals surface area contributed by atoms with Crippen LogP contribution in [0.1, 0.15) is 6.42 Å². The first-order valence-corrected chi connectivity index (χ1v) is 6.28. The molecule has 1 aromatic heterocycles. The Kier molecular flexibility index (Phi) is 3.24. The summed E-state index contributed by atoms with van der Waals surface area (Å²) >= 11 is 0. The molecule has 104 valence electrons. The topological polar surface area (TPSA) is 79.4 Å². The summed E-state index contributed by atoms with van der Waals surface area (Å²) in [6.45, 7) is 1.03. The monoisotopic (exact) mass is 275 g/mol. The minimum atomic E-state index is -0.524. The second kappa shape index (κ2) is 5.20. The Morgan fingerprint density at radius 2 is 2.25 bits per heavy atom.